The van der Waals surface area contributed by atoms with Gasteiger partial charge in [-0.1, -0.05) is 18.3 Å². The van der Waals surface area contributed by atoms with E-state index >= 15 is 0 Å². The molecule has 0 aliphatic carbocycles. The van der Waals surface area contributed by atoms with Crippen molar-refractivity contribution >= 4 is 11.3 Å². The van der Waals surface area contributed by atoms with Crippen molar-refractivity contribution in [3.8, 4) is 10.6 Å². The molecule has 102 valence electrons. The molecule has 0 unspecified atom stereocenters. The van der Waals surface area contributed by atoms with Crippen molar-refractivity contribution < 1.29 is 13.2 Å². The van der Waals surface area contributed by atoms with Crippen LogP contribution in [0.5, 0.6) is 0 Å². The van der Waals surface area contributed by atoms with E-state index in [0.29, 0.717) is 23.6 Å². The van der Waals surface area contributed by atoms with E-state index in [4.69, 9.17) is 0 Å². The summed E-state index contributed by atoms with van der Waals surface area (Å²) in [6.07, 6.45) is 0.635. The van der Waals surface area contributed by atoms with E-state index in [1.54, 1.807) is 0 Å². The number of aromatic nitrogens is 2. The fourth-order valence-electron chi connectivity index (χ4n) is 1.57. The Kier molecular flexibility index (Phi) is 4.49. The van der Waals surface area contributed by atoms with Crippen molar-refractivity contribution in [2.24, 2.45) is 0 Å². The molecule has 0 amide bonds. The summed E-state index contributed by atoms with van der Waals surface area (Å²) in [4.78, 5) is 0. The molecule has 0 saturated heterocycles. The normalized spacial score (nSPS) is 10.9. The van der Waals surface area contributed by atoms with Crippen molar-refractivity contribution in [1.82, 2.24) is 15.5 Å². The molecule has 7 heteroatoms. The molecule has 3 nitrogen and oxygen atoms in total. The Bertz CT molecular complexity index is 548. The summed E-state index contributed by atoms with van der Waals surface area (Å²) in [7, 11) is 0. The van der Waals surface area contributed by atoms with Gasteiger partial charge in [0.1, 0.15) is 22.5 Å². The van der Waals surface area contributed by atoms with Crippen LogP contribution in [-0.4, -0.2) is 23.3 Å². The van der Waals surface area contributed by atoms with Crippen LogP contribution in [0, 0.1) is 17.5 Å². The molecular formula is C12H12F3N3S. The number of hydrogen-bond donors (Lipinski definition) is 1. The molecule has 1 aromatic carbocycles. The van der Waals surface area contributed by atoms with E-state index < -0.39 is 17.5 Å². The third-order valence-electron chi connectivity index (χ3n) is 2.45. The van der Waals surface area contributed by atoms with Gasteiger partial charge >= 0.3 is 0 Å². The Morgan fingerprint density at radius 1 is 1.16 bits per heavy atom. The molecule has 1 N–H and O–H groups in total. The number of benzene rings is 1. The summed E-state index contributed by atoms with van der Waals surface area (Å²) >= 11 is 1.11. The van der Waals surface area contributed by atoms with Crippen LogP contribution in [0.15, 0.2) is 12.1 Å². The highest BCUT2D eigenvalue weighted by molar-refractivity contribution is 7.14. The molecule has 19 heavy (non-hydrogen) atoms. The standard InChI is InChI=1S/C12H12F3N3S/c1-2-16-4-3-10-17-18-12(19-10)11-8(14)5-7(13)6-9(11)15/h5-6,16H,2-4H2,1H3. The predicted octanol–water partition coefficient (Wildman–Crippen LogP) is 2.77. The van der Waals surface area contributed by atoms with Crippen LogP contribution in [-0.2, 0) is 6.42 Å². The van der Waals surface area contributed by atoms with Crippen molar-refractivity contribution in [3.63, 3.8) is 0 Å². The summed E-state index contributed by atoms with van der Waals surface area (Å²) in [6.45, 7) is 3.54. The summed E-state index contributed by atoms with van der Waals surface area (Å²) in [5.74, 6) is -2.88. The molecule has 2 rings (SSSR count). The summed E-state index contributed by atoms with van der Waals surface area (Å²) in [5.41, 5.74) is -0.325. The molecule has 0 aliphatic rings. The second-order valence-corrected chi connectivity index (χ2v) is 4.91. The van der Waals surface area contributed by atoms with E-state index in [1.165, 1.54) is 0 Å². The zero-order chi connectivity index (χ0) is 13.8. The topological polar surface area (TPSA) is 37.8 Å². The summed E-state index contributed by atoms with van der Waals surface area (Å²) in [5, 5.41) is 11.5. The van der Waals surface area contributed by atoms with Gasteiger partial charge in [0, 0.05) is 25.1 Å². The molecule has 1 aromatic heterocycles. The molecule has 2 aromatic rings. The van der Waals surface area contributed by atoms with Crippen molar-refractivity contribution in [2.75, 3.05) is 13.1 Å². The van der Waals surface area contributed by atoms with E-state index in [9.17, 15) is 13.2 Å². The highest BCUT2D eigenvalue weighted by atomic mass is 32.1. The lowest BCUT2D eigenvalue weighted by molar-refractivity contribution is 0.547. The molecule has 0 bridgehead atoms. The Morgan fingerprint density at radius 3 is 2.47 bits per heavy atom. The van der Waals surface area contributed by atoms with Gasteiger partial charge in [0.15, 0.2) is 5.01 Å². The molecule has 0 atom stereocenters. The number of hydrogen-bond acceptors (Lipinski definition) is 4. The van der Waals surface area contributed by atoms with Crippen molar-refractivity contribution in [2.45, 2.75) is 13.3 Å². The van der Waals surface area contributed by atoms with Crippen LogP contribution in [0.1, 0.15) is 11.9 Å². The minimum atomic E-state index is -0.966. The van der Waals surface area contributed by atoms with Gasteiger partial charge in [-0.15, -0.1) is 10.2 Å². The monoisotopic (exact) mass is 287 g/mol. The second kappa shape index (κ2) is 6.12. The quantitative estimate of drug-likeness (QED) is 0.859. The van der Waals surface area contributed by atoms with E-state index in [1.807, 2.05) is 6.92 Å². The smallest absolute Gasteiger partial charge is 0.153 e. The molecule has 0 spiro atoms. The highest BCUT2D eigenvalue weighted by Gasteiger charge is 2.17. The maximum Gasteiger partial charge on any atom is 0.153 e. The molecule has 1 heterocycles. The third kappa shape index (κ3) is 3.30. The average Bonchev–Trinajstić information content (AvgIpc) is 2.76. The molecule has 0 aliphatic heterocycles. The Labute approximate surface area is 112 Å². The Hall–Kier alpha value is -1.47. The zero-order valence-corrected chi connectivity index (χ0v) is 11.0. The number of rotatable bonds is 5. The van der Waals surface area contributed by atoms with E-state index in [-0.39, 0.29) is 10.6 Å². The van der Waals surface area contributed by atoms with Gasteiger partial charge in [-0.2, -0.15) is 0 Å². The van der Waals surface area contributed by atoms with E-state index in [0.717, 1.165) is 24.4 Å². The highest BCUT2D eigenvalue weighted by Crippen LogP contribution is 2.29. The zero-order valence-electron chi connectivity index (χ0n) is 10.2. The summed E-state index contributed by atoms with van der Waals surface area (Å²) < 4.78 is 39.9. The molecular weight excluding hydrogens is 275 g/mol. The van der Waals surface area contributed by atoms with E-state index in [2.05, 4.69) is 15.5 Å². The first-order valence-corrected chi connectivity index (χ1v) is 6.61. The van der Waals surface area contributed by atoms with Crippen LogP contribution >= 0.6 is 11.3 Å². The maximum atomic E-state index is 13.6. The molecule has 0 fully saturated rings. The van der Waals surface area contributed by atoms with Crippen LogP contribution in [0.2, 0.25) is 0 Å². The van der Waals surface area contributed by atoms with Gasteiger partial charge in [0.05, 0.1) is 5.56 Å². The van der Waals surface area contributed by atoms with Gasteiger partial charge in [0.2, 0.25) is 0 Å². The molecule has 0 radical (unpaired) electrons. The van der Waals surface area contributed by atoms with Gasteiger partial charge in [-0.3, -0.25) is 0 Å². The van der Waals surface area contributed by atoms with Crippen LogP contribution in [0.4, 0.5) is 13.2 Å². The fourth-order valence-corrected chi connectivity index (χ4v) is 2.46. The first-order chi connectivity index (χ1) is 9.11. The SMILES string of the molecule is CCNCCc1nnc(-c2c(F)cc(F)cc2F)s1. The number of likely N-dealkylation sites (N-methyl/N-ethyl adjacent to an activating group) is 1. The van der Waals surface area contributed by atoms with Crippen molar-refractivity contribution in [1.29, 1.82) is 0 Å². The van der Waals surface area contributed by atoms with Gasteiger partial charge in [-0.05, 0) is 6.54 Å². The van der Waals surface area contributed by atoms with Gasteiger partial charge < -0.3 is 5.32 Å². The first kappa shape index (κ1) is 14.0. The summed E-state index contributed by atoms with van der Waals surface area (Å²) in [6, 6.07) is 1.27. The lowest BCUT2D eigenvalue weighted by Gasteiger charge is -2.00. The first-order valence-electron chi connectivity index (χ1n) is 5.79. The fraction of sp³-hybridized carbons (Fsp3) is 0.333. The number of halogens is 3. The maximum absolute atomic E-state index is 13.6. The van der Waals surface area contributed by atoms with Gasteiger partial charge in [0.25, 0.3) is 0 Å². The number of nitrogens with zero attached hydrogens (tertiary/aromatic N) is 2. The predicted molar refractivity (Wildman–Crippen MR) is 67.5 cm³/mol. The lowest BCUT2D eigenvalue weighted by atomic mass is 10.2. The molecule has 0 saturated carbocycles. The largest absolute Gasteiger partial charge is 0.317 e. The van der Waals surface area contributed by atoms with Crippen LogP contribution < -0.4 is 5.32 Å². The van der Waals surface area contributed by atoms with Gasteiger partial charge in [-0.25, -0.2) is 13.2 Å². The Balaban J connectivity index is 2.23. The minimum Gasteiger partial charge on any atom is -0.317 e. The third-order valence-corrected chi connectivity index (χ3v) is 3.45. The average molecular weight is 287 g/mol. The second-order valence-electron chi connectivity index (χ2n) is 3.85. The van der Waals surface area contributed by atoms with Crippen LogP contribution in [0.3, 0.4) is 0 Å². The Morgan fingerprint density at radius 2 is 1.84 bits per heavy atom. The minimum absolute atomic E-state index is 0.126. The number of nitrogens with one attached hydrogen (secondary N) is 1. The van der Waals surface area contributed by atoms with Crippen molar-refractivity contribution in [3.05, 3.63) is 34.6 Å². The van der Waals surface area contributed by atoms with Crippen LogP contribution in [0.25, 0.3) is 10.6 Å². The lowest BCUT2D eigenvalue weighted by Crippen LogP contribution is -2.15.